The van der Waals surface area contributed by atoms with Gasteiger partial charge in [0.05, 0.1) is 0 Å². The summed E-state index contributed by atoms with van der Waals surface area (Å²) in [5, 5.41) is 0. The van der Waals surface area contributed by atoms with E-state index in [1.165, 1.54) is 57.8 Å². The summed E-state index contributed by atoms with van der Waals surface area (Å²) in [7, 11) is 2.49. The predicted octanol–water partition coefficient (Wildman–Crippen LogP) is 2.96. The van der Waals surface area contributed by atoms with Crippen LogP contribution in [0.2, 0.25) is 6.04 Å². The fraction of sp³-hybridized carbons (Fsp3) is 1.00. The fourth-order valence-electron chi connectivity index (χ4n) is 1.58. The van der Waals surface area contributed by atoms with Crippen LogP contribution < -0.4 is 0 Å². The number of unbranched alkanes of at least 4 members (excludes halogenated alkanes) is 2. The van der Waals surface area contributed by atoms with Gasteiger partial charge in [-0.15, -0.1) is 0 Å². The van der Waals surface area contributed by atoms with E-state index in [0.717, 1.165) is 0 Å². The first-order valence-corrected chi connectivity index (χ1v) is 7.44. The third-order valence-electron chi connectivity index (χ3n) is 2.55. The Morgan fingerprint density at radius 3 is 1.93 bits per heavy atom. The fourth-order valence-corrected chi connectivity index (χ4v) is 2.08. The first-order chi connectivity index (χ1) is 7.35. The molecule has 0 aromatic rings. The molecule has 0 aromatic carbocycles. The maximum atomic E-state index is 5.10. The second-order valence-electron chi connectivity index (χ2n) is 4.00. The number of hydrogen-bond donors (Lipinski definition) is 0. The van der Waals surface area contributed by atoms with E-state index in [1.54, 1.807) is 7.11 Å². The van der Waals surface area contributed by atoms with Crippen LogP contribution in [-0.2, 0) is 4.43 Å². The van der Waals surface area contributed by atoms with Gasteiger partial charge < -0.3 is 9.33 Å². The number of nitrogens with zero attached hydrogens (tertiary/aromatic N) is 1. The van der Waals surface area contributed by atoms with Crippen LogP contribution in [0.15, 0.2) is 0 Å². The summed E-state index contributed by atoms with van der Waals surface area (Å²) in [6.45, 7) is 8.37. The van der Waals surface area contributed by atoms with Gasteiger partial charge in [-0.2, -0.15) is 0 Å². The van der Waals surface area contributed by atoms with Crippen molar-refractivity contribution in [1.82, 2.24) is 4.90 Å². The number of hydrogen-bond acceptors (Lipinski definition) is 2. The van der Waals surface area contributed by atoms with E-state index in [2.05, 4.69) is 18.7 Å². The van der Waals surface area contributed by atoms with E-state index in [9.17, 15) is 0 Å². The van der Waals surface area contributed by atoms with Crippen molar-refractivity contribution >= 4 is 9.76 Å². The van der Waals surface area contributed by atoms with Gasteiger partial charge in [-0.25, -0.2) is 0 Å². The van der Waals surface area contributed by atoms with Crippen LogP contribution in [-0.4, -0.2) is 41.4 Å². The van der Waals surface area contributed by atoms with E-state index in [0.29, 0.717) is 9.76 Å². The van der Waals surface area contributed by atoms with Crippen molar-refractivity contribution in [3.63, 3.8) is 0 Å². The molecule has 0 aromatic heterocycles. The van der Waals surface area contributed by atoms with Crippen molar-refractivity contribution < 1.29 is 4.43 Å². The minimum atomic E-state index is 0.692. The minimum absolute atomic E-state index is 0.692. The molecule has 90 valence electrons. The second kappa shape index (κ2) is 12.2. The Kier molecular flexibility index (Phi) is 12.3. The topological polar surface area (TPSA) is 12.5 Å². The third kappa shape index (κ3) is 10.4. The van der Waals surface area contributed by atoms with E-state index < -0.39 is 0 Å². The Labute approximate surface area is 98.3 Å². The van der Waals surface area contributed by atoms with Gasteiger partial charge in [0, 0.05) is 7.11 Å². The molecule has 0 N–H and O–H groups in total. The Balaban J connectivity index is 3.49. The Bertz CT molecular complexity index is 114. The molecule has 0 heterocycles. The molecule has 0 aliphatic carbocycles. The molecule has 2 nitrogen and oxygen atoms in total. The summed E-state index contributed by atoms with van der Waals surface area (Å²) in [6, 6.07) is 1.23. The van der Waals surface area contributed by atoms with Gasteiger partial charge >= 0.3 is 0 Å². The largest absolute Gasteiger partial charge is 0.421 e. The van der Waals surface area contributed by atoms with Gasteiger partial charge in [0.2, 0.25) is 9.76 Å². The van der Waals surface area contributed by atoms with E-state index in [1.807, 2.05) is 0 Å². The van der Waals surface area contributed by atoms with E-state index in [-0.39, 0.29) is 0 Å². The molecule has 0 aliphatic heterocycles. The van der Waals surface area contributed by atoms with Crippen molar-refractivity contribution in [3.8, 4) is 0 Å². The smallest absolute Gasteiger partial charge is 0.229 e. The van der Waals surface area contributed by atoms with Crippen LogP contribution in [0.25, 0.3) is 0 Å². The minimum Gasteiger partial charge on any atom is -0.421 e. The highest BCUT2D eigenvalue weighted by molar-refractivity contribution is 6.26. The van der Waals surface area contributed by atoms with Crippen LogP contribution in [0.5, 0.6) is 0 Å². The van der Waals surface area contributed by atoms with Gasteiger partial charge in [-0.05, 0) is 44.9 Å². The molecule has 15 heavy (non-hydrogen) atoms. The predicted molar refractivity (Wildman–Crippen MR) is 68.4 cm³/mol. The number of rotatable bonds is 11. The molecule has 0 unspecified atom stereocenters. The molecular weight excluding hydrogens is 202 g/mol. The molecule has 2 radical (unpaired) electrons. The molecule has 0 atom stereocenters. The van der Waals surface area contributed by atoms with Crippen LogP contribution in [0.3, 0.4) is 0 Å². The Morgan fingerprint density at radius 1 is 0.933 bits per heavy atom. The van der Waals surface area contributed by atoms with Crippen molar-refractivity contribution in [1.29, 1.82) is 0 Å². The van der Waals surface area contributed by atoms with Crippen molar-refractivity contribution in [2.45, 2.75) is 52.0 Å². The van der Waals surface area contributed by atoms with Crippen LogP contribution >= 0.6 is 0 Å². The molecular formula is C12H27NOSi. The van der Waals surface area contributed by atoms with Crippen LogP contribution in [0.1, 0.15) is 46.0 Å². The maximum Gasteiger partial charge on any atom is 0.229 e. The lowest BCUT2D eigenvalue weighted by Gasteiger charge is -2.21. The lowest BCUT2D eigenvalue weighted by Crippen LogP contribution is -2.27. The zero-order valence-electron chi connectivity index (χ0n) is 10.7. The average molecular weight is 229 g/mol. The summed E-state index contributed by atoms with van der Waals surface area (Å²) in [5.74, 6) is 0. The Morgan fingerprint density at radius 2 is 1.47 bits per heavy atom. The lowest BCUT2D eigenvalue weighted by atomic mass is 10.2. The first-order valence-electron chi connectivity index (χ1n) is 6.33. The van der Waals surface area contributed by atoms with Gasteiger partial charge in [0.15, 0.2) is 0 Å². The molecule has 0 rings (SSSR count). The zero-order valence-corrected chi connectivity index (χ0v) is 11.7. The molecule has 3 heteroatoms. The monoisotopic (exact) mass is 229 g/mol. The first kappa shape index (κ1) is 15.1. The van der Waals surface area contributed by atoms with E-state index >= 15 is 0 Å². The average Bonchev–Trinajstić information content (AvgIpc) is 2.27. The molecule has 0 saturated carbocycles. The zero-order chi connectivity index (χ0) is 11.4. The molecule has 0 spiro atoms. The van der Waals surface area contributed by atoms with Gasteiger partial charge in [0.1, 0.15) is 0 Å². The summed E-state index contributed by atoms with van der Waals surface area (Å²) in [5.41, 5.74) is 0. The highest BCUT2D eigenvalue weighted by Gasteiger charge is 2.03. The SMILES string of the molecule is CCCCN(CCCC)CCC[Si]OC. The summed E-state index contributed by atoms with van der Waals surface area (Å²) < 4.78 is 5.10. The van der Waals surface area contributed by atoms with Crippen molar-refractivity contribution in [2.75, 3.05) is 26.7 Å². The molecule has 0 aliphatic rings. The third-order valence-corrected chi connectivity index (χ3v) is 3.40. The second-order valence-corrected chi connectivity index (χ2v) is 5.20. The molecule has 0 bridgehead atoms. The summed E-state index contributed by atoms with van der Waals surface area (Å²) in [6.07, 6.45) is 6.59. The van der Waals surface area contributed by atoms with Gasteiger partial charge in [-0.1, -0.05) is 26.7 Å². The molecule has 0 saturated heterocycles. The lowest BCUT2D eigenvalue weighted by molar-refractivity contribution is 0.265. The molecule has 0 amide bonds. The van der Waals surface area contributed by atoms with Crippen molar-refractivity contribution in [2.24, 2.45) is 0 Å². The van der Waals surface area contributed by atoms with Crippen LogP contribution in [0, 0.1) is 0 Å². The standard InChI is InChI=1S/C12H27NOSi/c1-4-6-9-13(10-7-5-2)11-8-12-15-14-3/h4-12H2,1-3H3. The Hall–Kier alpha value is 0.137. The summed E-state index contributed by atoms with van der Waals surface area (Å²) >= 11 is 0. The highest BCUT2D eigenvalue weighted by Crippen LogP contribution is 2.02. The maximum absolute atomic E-state index is 5.10. The normalized spacial score (nSPS) is 11.2. The quantitative estimate of drug-likeness (QED) is 0.399. The van der Waals surface area contributed by atoms with Crippen LogP contribution in [0.4, 0.5) is 0 Å². The van der Waals surface area contributed by atoms with E-state index in [4.69, 9.17) is 4.43 Å². The summed E-state index contributed by atoms with van der Waals surface area (Å²) in [4.78, 5) is 2.62. The highest BCUT2D eigenvalue weighted by atomic mass is 28.2. The van der Waals surface area contributed by atoms with Gasteiger partial charge in [0.25, 0.3) is 0 Å². The van der Waals surface area contributed by atoms with Gasteiger partial charge in [-0.3, -0.25) is 0 Å². The van der Waals surface area contributed by atoms with Crippen molar-refractivity contribution in [3.05, 3.63) is 0 Å². The molecule has 0 fully saturated rings.